The predicted octanol–water partition coefficient (Wildman–Crippen LogP) is 2.91. The molecular weight excluding hydrogens is 388 g/mol. The quantitative estimate of drug-likeness (QED) is 0.726. The second-order valence-electron chi connectivity index (χ2n) is 9.78. The van der Waals surface area contributed by atoms with Crippen LogP contribution in [0.5, 0.6) is 0 Å². The summed E-state index contributed by atoms with van der Waals surface area (Å²) in [6.07, 6.45) is 9.23. The van der Waals surface area contributed by atoms with Crippen LogP contribution in [-0.4, -0.2) is 71.0 Å². The lowest BCUT2D eigenvalue weighted by Gasteiger charge is -2.39. The molecule has 0 bridgehead atoms. The SMILES string of the molecule is CNc1nc(C2CCNCC2)nc2c1CN(CC(=O)N(C(C)C)C1CCCCC1)CC2. The molecule has 2 N–H and O–H groups in total. The summed E-state index contributed by atoms with van der Waals surface area (Å²) >= 11 is 0. The number of carbonyl (C=O) groups excluding carboxylic acids is 1. The van der Waals surface area contributed by atoms with Gasteiger partial charge in [0.15, 0.2) is 0 Å². The molecule has 1 aromatic heterocycles. The van der Waals surface area contributed by atoms with Crippen molar-refractivity contribution in [1.29, 1.82) is 0 Å². The Kier molecular flexibility index (Phi) is 7.43. The maximum Gasteiger partial charge on any atom is 0.237 e. The fourth-order valence-electron chi connectivity index (χ4n) is 5.64. The summed E-state index contributed by atoms with van der Waals surface area (Å²) < 4.78 is 0. The molecule has 3 aliphatic rings. The lowest BCUT2D eigenvalue weighted by molar-refractivity contribution is -0.137. The van der Waals surface area contributed by atoms with Crippen LogP contribution in [0.4, 0.5) is 5.82 Å². The first-order valence-corrected chi connectivity index (χ1v) is 12.4. The average Bonchev–Trinajstić information content (AvgIpc) is 2.79. The van der Waals surface area contributed by atoms with E-state index < -0.39 is 0 Å². The third kappa shape index (κ3) is 5.20. The van der Waals surface area contributed by atoms with Crippen LogP contribution in [0.2, 0.25) is 0 Å². The van der Waals surface area contributed by atoms with E-state index in [1.165, 1.54) is 30.5 Å². The standard InChI is InChI=1S/C24H40N6O/c1-17(2)30(19-7-5-4-6-8-19)22(31)16-29-14-11-21-20(15-29)24(25-3)28-23(27-21)18-9-12-26-13-10-18/h17-19,26H,4-16H2,1-3H3,(H,25,27,28). The Morgan fingerprint density at radius 1 is 1.16 bits per heavy atom. The Hall–Kier alpha value is -1.73. The van der Waals surface area contributed by atoms with Gasteiger partial charge in [-0.2, -0.15) is 0 Å². The monoisotopic (exact) mass is 428 g/mol. The first-order valence-electron chi connectivity index (χ1n) is 12.4. The molecule has 1 amide bonds. The molecule has 7 nitrogen and oxygen atoms in total. The summed E-state index contributed by atoms with van der Waals surface area (Å²) in [6.45, 7) is 8.54. The zero-order valence-electron chi connectivity index (χ0n) is 19.6. The van der Waals surface area contributed by atoms with Gasteiger partial charge in [-0.3, -0.25) is 9.69 Å². The van der Waals surface area contributed by atoms with E-state index in [4.69, 9.17) is 9.97 Å². The van der Waals surface area contributed by atoms with Crippen molar-refractivity contribution in [3.05, 3.63) is 17.1 Å². The maximum absolute atomic E-state index is 13.3. The van der Waals surface area contributed by atoms with Crippen LogP contribution >= 0.6 is 0 Å². The van der Waals surface area contributed by atoms with Gasteiger partial charge >= 0.3 is 0 Å². The number of hydrogen-bond donors (Lipinski definition) is 2. The van der Waals surface area contributed by atoms with E-state index in [0.717, 1.165) is 69.9 Å². The van der Waals surface area contributed by atoms with Crippen LogP contribution < -0.4 is 10.6 Å². The molecule has 7 heteroatoms. The Balaban J connectivity index is 1.45. The molecule has 1 aliphatic carbocycles. The summed E-state index contributed by atoms with van der Waals surface area (Å²) in [5.74, 6) is 2.68. The number of fused-ring (bicyclic) bond motifs is 1. The number of rotatable bonds is 6. The summed E-state index contributed by atoms with van der Waals surface area (Å²) in [5, 5.41) is 6.74. The fraction of sp³-hybridized carbons (Fsp3) is 0.792. The highest BCUT2D eigenvalue weighted by Crippen LogP contribution is 2.29. The highest BCUT2D eigenvalue weighted by atomic mass is 16.2. The summed E-state index contributed by atoms with van der Waals surface area (Å²) in [6, 6.07) is 0.679. The van der Waals surface area contributed by atoms with Crippen LogP contribution in [0.3, 0.4) is 0 Å². The normalized spacial score (nSPS) is 21.2. The molecular formula is C24H40N6O. The molecule has 1 aromatic rings. The number of piperidine rings is 1. The zero-order valence-corrected chi connectivity index (χ0v) is 19.6. The molecule has 3 heterocycles. The molecule has 2 fully saturated rings. The maximum atomic E-state index is 13.3. The van der Waals surface area contributed by atoms with E-state index in [1.807, 2.05) is 7.05 Å². The lowest BCUT2D eigenvalue weighted by atomic mass is 9.93. The Morgan fingerprint density at radius 2 is 1.90 bits per heavy atom. The molecule has 0 spiro atoms. The average molecular weight is 429 g/mol. The van der Waals surface area contributed by atoms with E-state index in [9.17, 15) is 4.79 Å². The highest BCUT2D eigenvalue weighted by Gasteiger charge is 2.31. The minimum Gasteiger partial charge on any atom is -0.373 e. The number of amides is 1. The number of hydrogen-bond acceptors (Lipinski definition) is 6. The zero-order chi connectivity index (χ0) is 21.8. The van der Waals surface area contributed by atoms with Crippen LogP contribution in [0.25, 0.3) is 0 Å². The fourth-order valence-corrected chi connectivity index (χ4v) is 5.64. The largest absolute Gasteiger partial charge is 0.373 e. The number of aromatic nitrogens is 2. The topological polar surface area (TPSA) is 73.4 Å². The number of nitrogens with zero attached hydrogens (tertiary/aromatic N) is 4. The van der Waals surface area contributed by atoms with E-state index in [-0.39, 0.29) is 11.9 Å². The van der Waals surface area contributed by atoms with Gasteiger partial charge < -0.3 is 15.5 Å². The van der Waals surface area contributed by atoms with Crippen molar-refractivity contribution in [1.82, 2.24) is 25.1 Å². The predicted molar refractivity (Wildman–Crippen MR) is 124 cm³/mol. The summed E-state index contributed by atoms with van der Waals surface area (Å²) in [4.78, 5) is 27.7. The van der Waals surface area contributed by atoms with Gasteiger partial charge in [-0.05, 0) is 52.6 Å². The minimum atomic E-state index is 0.261. The smallest absolute Gasteiger partial charge is 0.237 e. The Morgan fingerprint density at radius 3 is 2.58 bits per heavy atom. The second-order valence-corrected chi connectivity index (χ2v) is 9.78. The number of nitrogens with one attached hydrogen (secondary N) is 2. The van der Waals surface area contributed by atoms with Crippen LogP contribution in [0, 0.1) is 0 Å². The molecule has 1 saturated heterocycles. The molecule has 4 rings (SSSR count). The van der Waals surface area contributed by atoms with Gasteiger partial charge in [0.2, 0.25) is 5.91 Å². The Labute approximate surface area is 187 Å². The second kappa shape index (κ2) is 10.3. The molecule has 172 valence electrons. The minimum absolute atomic E-state index is 0.261. The van der Waals surface area contributed by atoms with Crippen molar-refractivity contribution in [2.45, 2.75) is 89.8 Å². The number of carbonyl (C=O) groups is 1. The third-order valence-corrected chi connectivity index (χ3v) is 7.27. The first kappa shape index (κ1) is 22.5. The molecule has 0 unspecified atom stereocenters. The van der Waals surface area contributed by atoms with E-state index in [1.54, 1.807) is 0 Å². The highest BCUT2D eigenvalue weighted by molar-refractivity contribution is 5.79. The summed E-state index contributed by atoms with van der Waals surface area (Å²) in [5.41, 5.74) is 2.34. The molecule has 0 aromatic carbocycles. The third-order valence-electron chi connectivity index (χ3n) is 7.27. The molecule has 1 saturated carbocycles. The molecule has 0 radical (unpaired) electrons. The van der Waals surface area contributed by atoms with Gasteiger partial charge in [-0.15, -0.1) is 0 Å². The van der Waals surface area contributed by atoms with Gasteiger partial charge in [0, 0.05) is 50.1 Å². The van der Waals surface area contributed by atoms with E-state index in [2.05, 4.69) is 34.3 Å². The Bertz CT molecular complexity index is 737. The van der Waals surface area contributed by atoms with Crippen LogP contribution in [0.15, 0.2) is 0 Å². The van der Waals surface area contributed by atoms with Gasteiger partial charge in [-0.25, -0.2) is 9.97 Å². The van der Waals surface area contributed by atoms with Gasteiger partial charge in [0.1, 0.15) is 11.6 Å². The lowest BCUT2D eigenvalue weighted by Crippen LogP contribution is -2.50. The van der Waals surface area contributed by atoms with Gasteiger partial charge in [-0.1, -0.05) is 19.3 Å². The van der Waals surface area contributed by atoms with Crippen LogP contribution in [-0.2, 0) is 17.8 Å². The molecule has 2 aliphatic heterocycles. The molecule has 0 atom stereocenters. The van der Waals surface area contributed by atoms with Crippen molar-refractivity contribution < 1.29 is 4.79 Å². The van der Waals surface area contributed by atoms with Crippen molar-refractivity contribution in [2.75, 3.05) is 38.5 Å². The van der Waals surface area contributed by atoms with E-state index >= 15 is 0 Å². The van der Waals surface area contributed by atoms with Gasteiger partial charge in [0.05, 0.1) is 12.2 Å². The first-order chi connectivity index (χ1) is 15.1. The van der Waals surface area contributed by atoms with Gasteiger partial charge in [0.25, 0.3) is 0 Å². The number of anilines is 1. The van der Waals surface area contributed by atoms with Crippen molar-refractivity contribution in [2.24, 2.45) is 0 Å². The van der Waals surface area contributed by atoms with Crippen molar-refractivity contribution >= 4 is 11.7 Å². The van der Waals surface area contributed by atoms with Crippen molar-refractivity contribution in [3.8, 4) is 0 Å². The summed E-state index contributed by atoms with van der Waals surface area (Å²) in [7, 11) is 1.95. The van der Waals surface area contributed by atoms with E-state index in [0.29, 0.717) is 18.5 Å². The molecule has 31 heavy (non-hydrogen) atoms. The van der Waals surface area contributed by atoms with Crippen LogP contribution in [0.1, 0.15) is 81.8 Å². The van der Waals surface area contributed by atoms with Crippen molar-refractivity contribution in [3.63, 3.8) is 0 Å².